The second-order valence-corrected chi connectivity index (χ2v) is 7.73. The molecule has 1 saturated carbocycles. The summed E-state index contributed by atoms with van der Waals surface area (Å²) in [5.41, 5.74) is 0.579. The van der Waals surface area contributed by atoms with E-state index in [9.17, 15) is 4.79 Å². The van der Waals surface area contributed by atoms with Gasteiger partial charge in [-0.05, 0) is 24.1 Å². The number of nitrogens with zero attached hydrogens (tertiary/aromatic N) is 2. The molecule has 0 radical (unpaired) electrons. The number of benzene rings is 1. The Morgan fingerprint density at radius 3 is 2.67 bits per heavy atom. The van der Waals surface area contributed by atoms with Gasteiger partial charge in [0.25, 0.3) is 0 Å². The van der Waals surface area contributed by atoms with Gasteiger partial charge in [-0.2, -0.15) is 0 Å². The highest BCUT2D eigenvalue weighted by molar-refractivity contribution is 7.99. The van der Waals surface area contributed by atoms with Crippen molar-refractivity contribution in [1.82, 2.24) is 15.2 Å². The molecular formula is C16H18Cl2N4OS. The minimum atomic E-state index is -0.152. The number of hydrogen-bond acceptors (Lipinski definition) is 4. The molecule has 0 spiro atoms. The van der Waals surface area contributed by atoms with Crippen LogP contribution in [-0.2, 0) is 11.2 Å². The maximum absolute atomic E-state index is 12.0. The van der Waals surface area contributed by atoms with E-state index in [0.717, 1.165) is 12.2 Å². The molecule has 3 rings (SSSR count). The topological polar surface area (TPSA) is 70.7 Å². The second-order valence-electron chi connectivity index (χ2n) is 5.91. The van der Waals surface area contributed by atoms with Crippen LogP contribution in [0.3, 0.4) is 0 Å². The van der Waals surface area contributed by atoms with Gasteiger partial charge in [0.05, 0.1) is 5.75 Å². The molecule has 0 bridgehead atoms. The van der Waals surface area contributed by atoms with Crippen molar-refractivity contribution in [3.63, 3.8) is 0 Å². The number of H-pyrrole nitrogens is 1. The Balaban J connectivity index is 1.48. The van der Waals surface area contributed by atoms with E-state index in [-0.39, 0.29) is 11.7 Å². The van der Waals surface area contributed by atoms with Crippen LogP contribution in [0.4, 0.5) is 5.69 Å². The first-order chi connectivity index (χ1) is 11.6. The summed E-state index contributed by atoms with van der Waals surface area (Å²) in [6.07, 6.45) is 6.12. The molecule has 128 valence electrons. The number of carbonyl (C=O) groups is 1. The molecule has 1 aliphatic carbocycles. The molecule has 1 amide bonds. The third-order valence-electron chi connectivity index (χ3n) is 3.95. The minimum Gasteiger partial charge on any atom is -0.325 e. The van der Waals surface area contributed by atoms with Gasteiger partial charge in [-0.25, -0.2) is 4.98 Å². The van der Waals surface area contributed by atoms with Gasteiger partial charge < -0.3 is 5.32 Å². The average Bonchev–Trinajstić information content (AvgIpc) is 3.16. The number of hydrogen-bond donors (Lipinski definition) is 2. The second kappa shape index (κ2) is 8.23. The molecular weight excluding hydrogens is 367 g/mol. The molecule has 5 nitrogen and oxygen atoms in total. The van der Waals surface area contributed by atoms with Gasteiger partial charge in [0.2, 0.25) is 11.1 Å². The monoisotopic (exact) mass is 384 g/mol. The molecule has 1 aliphatic rings. The fourth-order valence-corrected chi connectivity index (χ4v) is 4.02. The van der Waals surface area contributed by atoms with Crippen LogP contribution in [0.1, 0.15) is 31.5 Å². The fourth-order valence-electron chi connectivity index (χ4n) is 2.87. The summed E-state index contributed by atoms with van der Waals surface area (Å²) in [4.78, 5) is 16.5. The lowest BCUT2D eigenvalue weighted by atomic mass is 10.0. The fraction of sp³-hybridized carbons (Fsp3) is 0.438. The van der Waals surface area contributed by atoms with Crippen molar-refractivity contribution in [3.05, 3.63) is 34.1 Å². The zero-order valence-corrected chi connectivity index (χ0v) is 15.3. The standard InChI is InChI=1S/C16H18Cl2N4OS/c17-11-6-12(18)8-13(7-11)19-15(23)9-24-16-20-14(21-22-16)5-10-3-1-2-4-10/h6-8,10H,1-5,9H2,(H,19,23)(H,20,21,22). The normalized spacial score (nSPS) is 14.9. The van der Waals surface area contributed by atoms with E-state index in [4.69, 9.17) is 23.2 Å². The van der Waals surface area contributed by atoms with Crippen LogP contribution in [-0.4, -0.2) is 26.8 Å². The molecule has 1 heterocycles. The van der Waals surface area contributed by atoms with E-state index in [1.165, 1.54) is 37.4 Å². The van der Waals surface area contributed by atoms with Crippen LogP contribution in [0.2, 0.25) is 10.0 Å². The maximum atomic E-state index is 12.0. The summed E-state index contributed by atoms with van der Waals surface area (Å²) >= 11 is 13.1. The molecule has 2 aromatic rings. The molecule has 8 heteroatoms. The largest absolute Gasteiger partial charge is 0.325 e. The number of thioether (sulfide) groups is 1. The molecule has 1 fully saturated rings. The molecule has 0 atom stereocenters. The molecule has 24 heavy (non-hydrogen) atoms. The first-order valence-electron chi connectivity index (χ1n) is 7.88. The Kier molecular flexibility index (Phi) is 6.03. The van der Waals surface area contributed by atoms with Crippen molar-refractivity contribution in [2.45, 2.75) is 37.3 Å². The SMILES string of the molecule is O=C(CSc1n[nH]c(CC2CCCC2)n1)Nc1cc(Cl)cc(Cl)c1. The Hall–Kier alpha value is -1.24. The van der Waals surface area contributed by atoms with E-state index in [2.05, 4.69) is 20.5 Å². The number of anilines is 1. The van der Waals surface area contributed by atoms with Gasteiger partial charge in [0.1, 0.15) is 5.82 Å². The number of nitrogens with one attached hydrogen (secondary N) is 2. The van der Waals surface area contributed by atoms with E-state index in [0.29, 0.717) is 26.8 Å². The summed E-state index contributed by atoms with van der Waals surface area (Å²) in [6, 6.07) is 4.93. The smallest absolute Gasteiger partial charge is 0.234 e. The zero-order valence-electron chi connectivity index (χ0n) is 13.0. The van der Waals surface area contributed by atoms with Crippen LogP contribution in [0, 0.1) is 5.92 Å². The van der Waals surface area contributed by atoms with Gasteiger partial charge in [-0.3, -0.25) is 9.89 Å². The lowest BCUT2D eigenvalue weighted by Crippen LogP contribution is -2.14. The van der Waals surface area contributed by atoms with Crippen molar-refractivity contribution in [3.8, 4) is 0 Å². The van der Waals surface area contributed by atoms with Gasteiger partial charge in [-0.1, -0.05) is 60.6 Å². The number of halogens is 2. The van der Waals surface area contributed by atoms with Crippen molar-refractivity contribution in [1.29, 1.82) is 0 Å². The van der Waals surface area contributed by atoms with Crippen LogP contribution >= 0.6 is 35.0 Å². The summed E-state index contributed by atoms with van der Waals surface area (Å²) < 4.78 is 0. The maximum Gasteiger partial charge on any atom is 0.234 e. The Morgan fingerprint density at radius 1 is 1.25 bits per heavy atom. The predicted molar refractivity (Wildman–Crippen MR) is 97.9 cm³/mol. The zero-order chi connectivity index (χ0) is 16.9. The molecule has 1 aromatic heterocycles. The third-order valence-corrected chi connectivity index (χ3v) is 5.23. The lowest BCUT2D eigenvalue weighted by Gasteiger charge is -2.05. The summed E-state index contributed by atoms with van der Waals surface area (Å²) in [7, 11) is 0. The lowest BCUT2D eigenvalue weighted by molar-refractivity contribution is -0.113. The van der Waals surface area contributed by atoms with E-state index < -0.39 is 0 Å². The first kappa shape index (κ1) is 17.6. The third kappa shape index (κ3) is 5.13. The summed E-state index contributed by atoms with van der Waals surface area (Å²) in [5.74, 6) is 1.70. The first-order valence-corrected chi connectivity index (χ1v) is 9.62. The summed E-state index contributed by atoms with van der Waals surface area (Å²) in [6.45, 7) is 0. The Labute approximate surface area is 154 Å². The number of carbonyl (C=O) groups excluding carboxylic acids is 1. The van der Waals surface area contributed by atoms with E-state index >= 15 is 0 Å². The van der Waals surface area contributed by atoms with Gasteiger partial charge in [-0.15, -0.1) is 5.10 Å². The predicted octanol–water partition coefficient (Wildman–Crippen LogP) is 4.58. The molecule has 0 saturated heterocycles. The van der Waals surface area contributed by atoms with Crippen molar-refractivity contribution < 1.29 is 4.79 Å². The average molecular weight is 385 g/mol. The van der Waals surface area contributed by atoms with E-state index in [1.54, 1.807) is 18.2 Å². The Bertz CT molecular complexity index is 696. The van der Waals surface area contributed by atoms with Gasteiger partial charge >= 0.3 is 0 Å². The van der Waals surface area contributed by atoms with Crippen molar-refractivity contribution >= 4 is 46.6 Å². The highest BCUT2D eigenvalue weighted by Gasteiger charge is 2.17. The number of rotatable bonds is 6. The van der Waals surface area contributed by atoms with Crippen LogP contribution in [0.15, 0.2) is 23.4 Å². The number of aromatic amines is 1. The Morgan fingerprint density at radius 2 is 1.96 bits per heavy atom. The minimum absolute atomic E-state index is 0.152. The van der Waals surface area contributed by atoms with Crippen LogP contribution in [0.5, 0.6) is 0 Å². The molecule has 0 unspecified atom stereocenters. The quantitative estimate of drug-likeness (QED) is 0.715. The van der Waals surface area contributed by atoms with Crippen molar-refractivity contribution in [2.24, 2.45) is 5.92 Å². The highest BCUT2D eigenvalue weighted by Crippen LogP contribution is 2.27. The molecule has 0 aliphatic heterocycles. The van der Waals surface area contributed by atoms with E-state index in [1.807, 2.05) is 0 Å². The number of amides is 1. The van der Waals surface area contributed by atoms with Gasteiger partial charge in [0.15, 0.2) is 0 Å². The van der Waals surface area contributed by atoms with Crippen LogP contribution in [0.25, 0.3) is 0 Å². The van der Waals surface area contributed by atoms with Crippen molar-refractivity contribution in [2.75, 3.05) is 11.1 Å². The van der Waals surface area contributed by atoms with Crippen LogP contribution < -0.4 is 5.32 Å². The van der Waals surface area contributed by atoms with Gasteiger partial charge in [0, 0.05) is 22.2 Å². The number of aromatic nitrogens is 3. The molecule has 1 aromatic carbocycles. The molecule has 2 N–H and O–H groups in total. The highest BCUT2D eigenvalue weighted by atomic mass is 35.5. The summed E-state index contributed by atoms with van der Waals surface area (Å²) in [5, 5.41) is 11.5.